The van der Waals surface area contributed by atoms with Crippen molar-refractivity contribution < 1.29 is 19.2 Å². The van der Waals surface area contributed by atoms with Crippen LogP contribution in [0.1, 0.15) is 30.1 Å². The lowest BCUT2D eigenvalue weighted by Gasteiger charge is -2.30. The van der Waals surface area contributed by atoms with Crippen LogP contribution in [-0.2, 0) is 4.79 Å². The third-order valence-electron chi connectivity index (χ3n) is 2.51. The number of hydrogen-bond donors (Lipinski definition) is 1. The van der Waals surface area contributed by atoms with Crippen molar-refractivity contribution in [2.45, 2.75) is 26.3 Å². The summed E-state index contributed by atoms with van der Waals surface area (Å²) in [5.74, 6) is -1.06. The molecule has 0 fully saturated rings. The van der Waals surface area contributed by atoms with Gasteiger partial charge in [-0.15, -0.1) is 0 Å². The molecule has 1 amide bonds. The average molecular weight is 226 g/mol. The van der Waals surface area contributed by atoms with Crippen molar-refractivity contribution >= 4 is 11.9 Å². The summed E-state index contributed by atoms with van der Waals surface area (Å²) in [7, 11) is 1.42. The summed E-state index contributed by atoms with van der Waals surface area (Å²) in [6, 6.07) is 1.47. The quantitative estimate of drug-likeness (QED) is 0.828. The van der Waals surface area contributed by atoms with E-state index in [1.165, 1.54) is 27.0 Å². The van der Waals surface area contributed by atoms with E-state index in [2.05, 4.69) is 5.16 Å². The maximum Gasteiger partial charge on any atom is 0.329 e. The van der Waals surface area contributed by atoms with Gasteiger partial charge in [0.2, 0.25) is 0 Å². The molecule has 0 aliphatic rings. The molecule has 1 rings (SSSR count). The predicted molar refractivity (Wildman–Crippen MR) is 55.0 cm³/mol. The summed E-state index contributed by atoms with van der Waals surface area (Å²) in [4.78, 5) is 23.9. The Hall–Kier alpha value is -1.85. The van der Waals surface area contributed by atoms with Gasteiger partial charge in [-0.05, 0) is 20.8 Å². The molecule has 6 nitrogen and oxygen atoms in total. The zero-order valence-electron chi connectivity index (χ0n) is 9.64. The standard InChI is InChI=1S/C10H14N2O4/c1-6-5-7(11-16-6)8(13)12(4)10(2,3)9(14)15/h5H,1-4H3,(H,14,15). The first-order valence-corrected chi connectivity index (χ1v) is 4.71. The highest BCUT2D eigenvalue weighted by Gasteiger charge is 2.36. The van der Waals surface area contributed by atoms with Crippen molar-refractivity contribution in [1.29, 1.82) is 0 Å². The minimum absolute atomic E-state index is 0.106. The number of carbonyl (C=O) groups is 2. The number of likely N-dealkylation sites (N-methyl/N-ethyl adjacent to an activating group) is 1. The molecule has 16 heavy (non-hydrogen) atoms. The highest BCUT2D eigenvalue weighted by atomic mass is 16.5. The number of rotatable bonds is 3. The van der Waals surface area contributed by atoms with Crippen LogP contribution in [0, 0.1) is 6.92 Å². The molecule has 1 aromatic rings. The second kappa shape index (κ2) is 3.96. The number of amides is 1. The fourth-order valence-corrected chi connectivity index (χ4v) is 1.04. The molecule has 0 aromatic carbocycles. The lowest BCUT2D eigenvalue weighted by Crippen LogP contribution is -2.50. The van der Waals surface area contributed by atoms with Crippen LogP contribution in [0.3, 0.4) is 0 Å². The molecular weight excluding hydrogens is 212 g/mol. The Labute approximate surface area is 92.8 Å². The van der Waals surface area contributed by atoms with Gasteiger partial charge < -0.3 is 14.5 Å². The molecule has 0 radical (unpaired) electrons. The Balaban J connectivity index is 2.95. The van der Waals surface area contributed by atoms with E-state index < -0.39 is 17.4 Å². The Morgan fingerprint density at radius 1 is 1.50 bits per heavy atom. The molecule has 88 valence electrons. The van der Waals surface area contributed by atoms with Gasteiger partial charge in [0.15, 0.2) is 5.69 Å². The molecule has 1 N–H and O–H groups in total. The van der Waals surface area contributed by atoms with Crippen LogP contribution in [0.15, 0.2) is 10.6 Å². The number of carboxylic acid groups (broad SMARTS) is 1. The van der Waals surface area contributed by atoms with E-state index >= 15 is 0 Å². The number of carbonyl (C=O) groups excluding carboxylic acids is 1. The molecule has 0 saturated carbocycles. The topological polar surface area (TPSA) is 83.6 Å². The van der Waals surface area contributed by atoms with Gasteiger partial charge in [-0.3, -0.25) is 4.79 Å². The van der Waals surface area contributed by atoms with Crippen LogP contribution < -0.4 is 0 Å². The summed E-state index contributed by atoms with van der Waals surface area (Å²) in [5.41, 5.74) is -1.18. The summed E-state index contributed by atoms with van der Waals surface area (Å²) < 4.78 is 4.76. The van der Waals surface area contributed by atoms with E-state index in [9.17, 15) is 9.59 Å². The maximum absolute atomic E-state index is 11.8. The minimum atomic E-state index is -1.29. The van der Waals surface area contributed by atoms with Gasteiger partial charge in [0.25, 0.3) is 5.91 Å². The fraction of sp³-hybridized carbons (Fsp3) is 0.500. The molecule has 1 heterocycles. The SMILES string of the molecule is Cc1cc(C(=O)N(C)C(C)(C)C(=O)O)no1. The first kappa shape index (κ1) is 12.2. The van der Waals surface area contributed by atoms with Crippen LogP contribution >= 0.6 is 0 Å². The van der Waals surface area contributed by atoms with Gasteiger partial charge in [-0.2, -0.15) is 0 Å². The first-order chi connectivity index (χ1) is 7.26. The smallest absolute Gasteiger partial charge is 0.329 e. The Kier molecular flexibility index (Phi) is 3.02. The van der Waals surface area contributed by atoms with Crippen LogP contribution in [-0.4, -0.2) is 39.6 Å². The van der Waals surface area contributed by atoms with Crippen molar-refractivity contribution in [2.24, 2.45) is 0 Å². The van der Waals surface area contributed by atoms with Gasteiger partial charge in [-0.25, -0.2) is 4.79 Å². The van der Waals surface area contributed by atoms with Crippen molar-refractivity contribution in [3.05, 3.63) is 17.5 Å². The molecule has 0 saturated heterocycles. The third kappa shape index (κ3) is 2.05. The fourth-order valence-electron chi connectivity index (χ4n) is 1.04. The molecule has 6 heteroatoms. The Morgan fingerprint density at radius 2 is 2.06 bits per heavy atom. The van der Waals surface area contributed by atoms with Crippen molar-refractivity contribution in [3.63, 3.8) is 0 Å². The van der Waals surface area contributed by atoms with Crippen LogP contribution in [0.2, 0.25) is 0 Å². The van der Waals surface area contributed by atoms with Crippen molar-refractivity contribution in [3.8, 4) is 0 Å². The monoisotopic (exact) mass is 226 g/mol. The lowest BCUT2D eigenvalue weighted by molar-refractivity contribution is -0.147. The van der Waals surface area contributed by atoms with E-state index in [4.69, 9.17) is 9.63 Å². The third-order valence-corrected chi connectivity index (χ3v) is 2.51. The highest BCUT2D eigenvalue weighted by Crippen LogP contribution is 2.16. The summed E-state index contributed by atoms with van der Waals surface area (Å²) >= 11 is 0. The van der Waals surface area contributed by atoms with Gasteiger partial charge in [-0.1, -0.05) is 5.16 Å². The van der Waals surface area contributed by atoms with E-state index in [1.54, 1.807) is 6.92 Å². The maximum atomic E-state index is 11.8. The summed E-state index contributed by atoms with van der Waals surface area (Å²) in [6.45, 7) is 4.55. The van der Waals surface area contributed by atoms with E-state index in [0.29, 0.717) is 5.76 Å². The number of aliphatic carboxylic acids is 1. The summed E-state index contributed by atoms with van der Waals surface area (Å²) in [6.07, 6.45) is 0. The lowest BCUT2D eigenvalue weighted by atomic mass is 10.0. The molecule has 1 aromatic heterocycles. The van der Waals surface area contributed by atoms with Gasteiger partial charge >= 0.3 is 5.97 Å². The first-order valence-electron chi connectivity index (χ1n) is 4.71. The van der Waals surface area contributed by atoms with Crippen molar-refractivity contribution in [1.82, 2.24) is 10.1 Å². The normalized spacial score (nSPS) is 11.2. The van der Waals surface area contributed by atoms with Gasteiger partial charge in [0.1, 0.15) is 11.3 Å². The van der Waals surface area contributed by atoms with Crippen LogP contribution in [0.4, 0.5) is 0 Å². The molecule has 0 aliphatic carbocycles. The number of hydrogen-bond acceptors (Lipinski definition) is 4. The molecule has 0 atom stereocenters. The average Bonchev–Trinajstić information content (AvgIpc) is 2.62. The summed E-state index contributed by atoms with van der Waals surface area (Å²) in [5, 5.41) is 12.5. The molecule has 0 bridgehead atoms. The molecule has 0 unspecified atom stereocenters. The molecular formula is C10H14N2O4. The number of aryl methyl sites for hydroxylation is 1. The van der Waals surface area contributed by atoms with E-state index in [0.717, 1.165) is 4.90 Å². The van der Waals surface area contributed by atoms with Gasteiger partial charge in [0, 0.05) is 13.1 Å². The minimum Gasteiger partial charge on any atom is -0.480 e. The Morgan fingerprint density at radius 3 is 2.44 bits per heavy atom. The second-order valence-electron chi connectivity index (χ2n) is 4.05. The zero-order valence-corrected chi connectivity index (χ0v) is 9.64. The van der Waals surface area contributed by atoms with Crippen LogP contribution in [0.5, 0.6) is 0 Å². The number of carboxylic acids is 1. The largest absolute Gasteiger partial charge is 0.480 e. The number of aromatic nitrogens is 1. The molecule has 0 spiro atoms. The zero-order chi connectivity index (χ0) is 12.5. The van der Waals surface area contributed by atoms with E-state index in [1.807, 2.05) is 0 Å². The van der Waals surface area contributed by atoms with Crippen LogP contribution in [0.25, 0.3) is 0 Å². The second-order valence-corrected chi connectivity index (χ2v) is 4.05. The predicted octanol–water partition coefficient (Wildman–Crippen LogP) is 0.918. The van der Waals surface area contributed by atoms with Gasteiger partial charge in [0.05, 0.1) is 0 Å². The molecule has 0 aliphatic heterocycles. The Bertz CT molecular complexity index is 422. The van der Waals surface area contributed by atoms with E-state index in [-0.39, 0.29) is 5.69 Å². The highest BCUT2D eigenvalue weighted by molar-refractivity contribution is 5.95. The number of nitrogens with zero attached hydrogens (tertiary/aromatic N) is 2. The van der Waals surface area contributed by atoms with Crippen molar-refractivity contribution in [2.75, 3.05) is 7.05 Å².